The molecule has 2 amide bonds. The standard InChI is InChI=1S/C18H23N3O3/c1-12(2)21-8-7-13(11-21)10-19-18(23)20-15-4-5-16-14(9-15)3-6-17(22)24-16/h3-6,9,12-13H,7-8,10-11H2,1-2H3,(H2,19,20,23). The highest BCUT2D eigenvalue weighted by molar-refractivity contribution is 5.92. The Balaban J connectivity index is 1.53. The van der Waals surface area contributed by atoms with E-state index in [0.717, 1.165) is 24.9 Å². The van der Waals surface area contributed by atoms with Crippen LogP contribution in [0.1, 0.15) is 20.3 Å². The summed E-state index contributed by atoms with van der Waals surface area (Å²) in [7, 11) is 0. The zero-order chi connectivity index (χ0) is 17.1. The third kappa shape index (κ3) is 3.94. The van der Waals surface area contributed by atoms with Gasteiger partial charge >= 0.3 is 11.7 Å². The highest BCUT2D eigenvalue weighted by atomic mass is 16.4. The van der Waals surface area contributed by atoms with E-state index in [9.17, 15) is 9.59 Å². The summed E-state index contributed by atoms with van der Waals surface area (Å²) in [6.45, 7) is 7.21. The minimum atomic E-state index is -0.382. The second-order valence-corrected chi connectivity index (χ2v) is 6.59. The molecule has 2 heterocycles. The van der Waals surface area contributed by atoms with Crippen molar-refractivity contribution in [2.75, 3.05) is 25.0 Å². The van der Waals surface area contributed by atoms with Gasteiger partial charge in [-0.15, -0.1) is 0 Å². The van der Waals surface area contributed by atoms with E-state index in [4.69, 9.17) is 4.42 Å². The summed E-state index contributed by atoms with van der Waals surface area (Å²) in [4.78, 5) is 25.7. The summed E-state index contributed by atoms with van der Waals surface area (Å²) >= 11 is 0. The van der Waals surface area contributed by atoms with Crippen molar-refractivity contribution in [1.29, 1.82) is 0 Å². The van der Waals surface area contributed by atoms with E-state index in [1.165, 1.54) is 6.07 Å². The number of nitrogens with zero attached hydrogens (tertiary/aromatic N) is 1. The van der Waals surface area contributed by atoms with Crippen molar-refractivity contribution in [3.8, 4) is 0 Å². The lowest BCUT2D eigenvalue weighted by molar-refractivity contribution is 0.247. The summed E-state index contributed by atoms with van der Waals surface area (Å²) in [6.07, 6.45) is 1.12. The molecule has 1 fully saturated rings. The molecule has 1 atom stereocenters. The van der Waals surface area contributed by atoms with Gasteiger partial charge in [0.1, 0.15) is 5.58 Å². The highest BCUT2D eigenvalue weighted by Crippen LogP contribution is 2.19. The number of benzene rings is 1. The van der Waals surface area contributed by atoms with Gasteiger partial charge in [0.2, 0.25) is 0 Å². The molecule has 6 nitrogen and oxygen atoms in total. The molecule has 1 saturated heterocycles. The Bertz CT molecular complexity index is 784. The lowest BCUT2D eigenvalue weighted by Gasteiger charge is -2.20. The fourth-order valence-corrected chi connectivity index (χ4v) is 3.06. The van der Waals surface area contributed by atoms with Crippen molar-refractivity contribution in [2.45, 2.75) is 26.3 Å². The Morgan fingerprint density at radius 2 is 2.17 bits per heavy atom. The Labute approximate surface area is 140 Å². The molecule has 3 rings (SSSR count). The van der Waals surface area contributed by atoms with Gasteiger partial charge in [-0.3, -0.25) is 0 Å². The third-order valence-corrected chi connectivity index (χ3v) is 4.48. The summed E-state index contributed by atoms with van der Waals surface area (Å²) in [6, 6.07) is 8.59. The van der Waals surface area contributed by atoms with E-state index in [1.807, 2.05) is 0 Å². The number of rotatable bonds is 4. The number of anilines is 1. The van der Waals surface area contributed by atoms with Crippen molar-refractivity contribution in [2.24, 2.45) is 5.92 Å². The number of hydrogen-bond donors (Lipinski definition) is 2. The van der Waals surface area contributed by atoms with E-state index < -0.39 is 0 Å². The van der Waals surface area contributed by atoms with Crippen LogP contribution in [0, 0.1) is 5.92 Å². The van der Waals surface area contributed by atoms with Gasteiger partial charge in [0.15, 0.2) is 0 Å². The maximum atomic E-state index is 12.1. The number of carbonyl (C=O) groups excluding carboxylic acids is 1. The Morgan fingerprint density at radius 3 is 2.92 bits per heavy atom. The molecule has 2 N–H and O–H groups in total. The van der Waals surface area contributed by atoms with Crippen LogP contribution in [0.4, 0.5) is 10.5 Å². The largest absolute Gasteiger partial charge is 0.423 e. The molecule has 2 aromatic rings. The van der Waals surface area contributed by atoms with Crippen LogP contribution >= 0.6 is 0 Å². The van der Waals surface area contributed by atoms with Gasteiger partial charge < -0.3 is 20.0 Å². The maximum Gasteiger partial charge on any atom is 0.336 e. The van der Waals surface area contributed by atoms with Gasteiger partial charge in [-0.25, -0.2) is 9.59 Å². The summed E-state index contributed by atoms with van der Waals surface area (Å²) < 4.78 is 5.08. The predicted molar refractivity (Wildman–Crippen MR) is 94.3 cm³/mol. The van der Waals surface area contributed by atoms with Crippen LogP contribution in [0.2, 0.25) is 0 Å². The molecule has 0 saturated carbocycles. The third-order valence-electron chi connectivity index (χ3n) is 4.48. The van der Waals surface area contributed by atoms with Gasteiger partial charge in [0.05, 0.1) is 0 Å². The van der Waals surface area contributed by atoms with Crippen molar-refractivity contribution < 1.29 is 9.21 Å². The zero-order valence-electron chi connectivity index (χ0n) is 14.0. The first kappa shape index (κ1) is 16.5. The van der Waals surface area contributed by atoms with E-state index in [2.05, 4.69) is 29.4 Å². The molecule has 1 unspecified atom stereocenters. The molecule has 1 aliphatic heterocycles. The van der Waals surface area contributed by atoms with Crippen LogP contribution in [0.15, 0.2) is 39.5 Å². The molecule has 0 aliphatic carbocycles. The molecule has 0 spiro atoms. The molecule has 0 radical (unpaired) electrons. The highest BCUT2D eigenvalue weighted by Gasteiger charge is 2.24. The van der Waals surface area contributed by atoms with Gasteiger partial charge in [0.25, 0.3) is 0 Å². The smallest absolute Gasteiger partial charge is 0.336 e. The summed E-state index contributed by atoms with van der Waals surface area (Å²) in [5, 5.41) is 6.54. The molecule has 1 aliphatic rings. The average molecular weight is 329 g/mol. The SMILES string of the molecule is CC(C)N1CCC(CNC(=O)Nc2ccc3oc(=O)ccc3c2)C1. The number of amides is 2. The molecule has 0 bridgehead atoms. The Morgan fingerprint density at radius 1 is 1.33 bits per heavy atom. The summed E-state index contributed by atoms with van der Waals surface area (Å²) in [5.74, 6) is 0.504. The van der Waals surface area contributed by atoms with Crippen molar-refractivity contribution in [3.05, 3.63) is 40.8 Å². The normalized spacial score (nSPS) is 18.2. The first-order valence-corrected chi connectivity index (χ1v) is 8.34. The molecule has 1 aromatic heterocycles. The molecular formula is C18H23N3O3. The molecular weight excluding hydrogens is 306 g/mol. The van der Waals surface area contributed by atoms with Crippen LogP contribution in [-0.2, 0) is 0 Å². The van der Waals surface area contributed by atoms with Crippen LogP contribution < -0.4 is 16.3 Å². The second-order valence-electron chi connectivity index (χ2n) is 6.59. The predicted octanol–water partition coefficient (Wildman–Crippen LogP) is 2.64. The minimum Gasteiger partial charge on any atom is -0.423 e. The number of nitrogens with one attached hydrogen (secondary N) is 2. The lowest BCUT2D eigenvalue weighted by Crippen LogP contribution is -2.35. The van der Waals surface area contributed by atoms with Crippen molar-refractivity contribution in [3.63, 3.8) is 0 Å². The fraction of sp³-hybridized carbons (Fsp3) is 0.444. The molecule has 1 aromatic carbocycles. The summed E-state index contributed by atoms with van der Waals surface area (Å²) in [5.41, 5.74) is 0.797. The second kappa shape index (κ2) is 7.05. The maximum absolute atomic E-state index is 12.1. The minimum absolute atomic E-state index is 0.213. The monoisotopic (exact) mass is 329 g/mol. The van der Waals surface area contributed by atoms with E-state index >= 15 is 0 Å². The zero-order valence-corrected chi connectivity index (χ0v) is 14.0. The van der Waals surface area contributed by atoms with Crippen LogP contribution in [0.5, 0.6) is 0 Å². The van der Waals surface area contributed by atoms with Gasteiger partial charge in [-0.1, -0.05) is 0 Å². The van der Waals surface area contributed by atoms with E-state index in [0.29, 0.717) is 29.8 Å². The quantitative estimate of drug-likeness (QED) is 0.846. The van der Waals surface area contributed by atoms with Crippen LogP contribution in [0.3, 0.4) is 0 Å². The van der Waals surface area contributed by atoms with E-state index in [-0.39, 0.29) is 11.7 Å². The average Bonchev–Trinajstić information content (AvgIpc) is 3.02. The fourth-order valence-electron chi connectivity index (χ4n) is 3.06. The molecule has 6 heteroatoms. The van der Waals surface area contributed by atoms with Crippen LogP contribution in [-0.4, -0.2) is 36.6 Å². The molecule has 128 valence electrons. The van der Waals surface area contributed by atoms with Gasteiger partial charge in [-0.2, -0.15) is 0 Å². The number of carbonyl (C=O) groups is 1. The van der Waals surface area contributed by atoms with E-state index in [1.54, 1.807) is 24.3 Å². The van der Waals surface area contributed by atoms with Crippen LogP contribution in [0.25, 0.3) is 11.0 Å². The first-order chi connectivity index (χ1) is 11.5. The van der Waals surface area contributed by atoms with Gasteiger partial charge in [-0.05, 0) is 57.0 Å². The number of hydrogen-bond acceptors (Lipinski definition) is 4. The van der Waals surface area contributed by atoms with Gasteiger partial charge in [0, 0.05) is 36.3 Å². The lowest BCUT2D eigenvalue weighted by atomic mass is 10.1. The first-order valence-electron chi connectivity index (χ1n) is 8.34. The van der Waals surface area contributed by atoms with Crippen molar-refractivity contribution in [1.82, 2.24) is 10.2 Å². The number of likely N-dealkylation sites (tertiary alicyclic amines) is 1. The molecule has 24 heavy (non-hydrogen) atoms. The number of urea groups is 1. The topological polar surface area (TPSA) is 74.6 Å². The van der Waals surface area contributed by atoms with Crippen molar-refractivity contribution >= 4 is 22.7 Å². The Kier molecular flexibility index (Phi) is 4.85. The number of fused-ring (bicyclic) bond motifs is 1. The Hall–Kier alpha value is -2.34.